The van der Waals surface area contributed by atoms with Crippen LogP contribution in [-0.4, -0.2) is 40.1 Å². The van der Waals surface area contributed by atoms with E-state index in [0.717, 1.165) is 25.0 Å². The number of nitrogens with one attached hydrogen (secondary N) is 2. The van der Waals surface area contributed by atoms with Gasteiger partial charge >= 0.3 is 0 Å². The highest BCUT2D eigenvalue weighted by molar-refractivity contribution is 5.93. The van der Waals surface area contributed by atoms with E-state index < -0.39 is 0 Å². The van der Waals surface area contributed by atoms with Gasteiger partial charge in [-0.3, -0.25) is 9.78 Å². The highest BCUT2D eigenvalue weighted by Crippen LogP contribution is 2.12. The van der Waals surface area contributed by atoms with E-state index >= 15 is 0 Å². The standard InChI is InChI=1S/C16H19N5O2/c22-15(18-8-12-3-5-17-6-4-12)13-9-19-16(20-10-13)21-11-14-2-1-7-23-14/h3-6,9-10,14H,1-2,7-8,11H2,(H,18,22)(H,19,20,21). The van der Waals surface area contributed by atoms with E-state index in [1.54, 1.807) is 12.4 Å². The molecule has 23 heavy (non-hydrogen) atoms. The fraction of sp³-hybridized carbons (Fsp3) is 0.375. The number of ether oxygens (including phenoxy) is 1. The number of nitrogens with zero attached hydrogens (tertiary/aromatic N) is 3. The SMILES string of the molecule is O=C(NCc1ccncc1)c1cnc(NCC2CCCO2)nc1. The zero-order valence-electron chi connectivity index (χ0n) is 12.7. The lowest BCUT2D eigenvalue weighted by atomic mass is 10.2. The van der Waals surface area contributed by atoms with Crippen molar-refractivity contribution in [3.05, 3.63) is 48.0 Å². The molecule has 0 aliphatic carbocycles. The molecule has 0 bridgehead atoms. The van der Waals surface area contributed by atoms with Gasteiger partial charge in [-0.25, -0.2) is 9.97 Å². The smallest absolute Gasteiger partial charge is 0.254 e. The summed E-state index contributed by atoms with van der Waals surface area (Å²) in [4.78, 5) is 24.3. The van der Waals surface area contributed by atoms with Gasteiger partial charge in [-0.05, 0) is 30.5 Å². The number of anilines is 1. The molecule has 1 aliphatic rings. The monoisotopic (exact) mass is 313 g/mol. The number of carbonyl (C=O) groups is 1. The fourth-order valence-electron chi connectivity index (χ4n) is 2.33. The van der Waals surface area contributed by atoms with Crippen LogP contribution >= 0.6 is 0 Å². The second-order valence-electron chi connectivity index (χ2n) is 5.35. The minimum atomic E-state index is -0.201. The largest absolute Gasteiger partial charge is 0.376 e. The van der Waals surface area contributed by atoms with E-state index in [4.69, 9.17) is 4.74 Å². The van der Waals surface area contributed by atoms with Crippen LogP contribution in [0.4, 0.5) is 5.95 Å². The first-order valence-corrected chi connectivity index (χ1v) is 7.66. The van der Waals surface area contributed by atoms with Crippen molar-refractivity contribution < 1.29 is 9.53 Å². The summed E-state index contributed by atoms with van der Waals surface area (Å²) >= 11 is 0. The van der Waals surface area contributed by atoms with E-state index in [2.05, 4.69) is 25.6 Å². The van der Waals surface area contributed by atoms with Crippen LogP contribution in [0.15, 0.2) is 36.9 Å². The van der Waals surface area contributed by atoms with Gasteiger partial charge < -0.3 is 15.4 Å². The number of aromatic nitrogens is 3. The molecule has 3 heterocycles. The van der Waals surface area contributed by atoms with Crippen LogP contribution in [0, 0.1) is 0 Å². The average Bonchev–Trinajstić information content (AvgIpc) is 3.13. The summed E-state index contributed by atoms with van der Waals surface area (Å²) in [6, 6.07) is 3.71. The minimum absolute atomic E-state index is 0.201. The van der Waals surface area contributed by atoms with Gasteiger partial charge in [0.2, 0.25) is 5.95 Å². The van der Waals surface area contributed by atoms with Crippen LogP contribution in [0.1, 0.15) is 28.8 Å². The predicted octanol–water partition coefficient (Wildman–Crippen LogP) is 1.39. The molecule has 0 aromatic carbocycles. The van der Waals surface area contributed by atoms with Crippen LogP contribution in [-0.2, 0) is 11.3 Å². The normalized spacial score (nSPS) is 17.0. The van der Waals surface area contributed by atoms with Crippen molar-refractivity contribution in [1.82, 2.24) is 20.3 Å². The van der Waals surface area contributed by atoms with Crippen LogP contribution in [0.5, 0.6) is 0 Å². The van der Waals surface area contributed by atoms with Gasteiger partial charge in [0.05, 0.1) is 11.7 Å². The molecule has 1 unspecified atom stereocenters. The van der Waals surface area contributed by atoms with Crippen molar-refractivity contribution in [2.75, 3.05) is 18.5 Å². The molecule has 1 saturated heterocycles. The van der Waals surface area contributed by atoms with Crippen molar-refractivity contribution >= 4 is 11.9 Å². The van der Waals surface area contributed by atoms with Gasteiger partial charge in [0, 0.05) is 44.5 Å². The maximum atomic E-state index is 12.0. The van der Waals surface area contributed by atoms with Crippen LogP contribution in [0.25, 0.3) is 0 Å². The summed E-state index contributed by atoms with van der Waals surface area (Å²) in [5.41, 5.74) is 1.42. The topological polar surface area (TPSA) is 89.0 Å². The Hall–Kier alpha value is -2.54. The lowest BCUT2D eigenvalue weighted by Gasteiger charge is -2.10. The average molecular weight is 313 g/mol. The molecule has 7 nitrogen and oxygen atoms in total. The Balaban J connectivity index is 1.48. The van der Waals surface area contributed by atoms with Gasteiger partial charge in [-0.1, -0.05) is 0 Å². The highest BCUT2D eigenvalue weighted by Gasteiger charge is 2.15. The number of hydrogen-bond donors (Lipinski definition) is 2. The molecule has 0 spiro atoms. The van der Waals surface area contributed by atoms with E-state index in [0.29, 0.717) is 24.6 Å². The number of rotatable bonds is 6. The molecule has 0 radical (unpaired) electrons. The van der Waals surface area contributed by atoms with Gasteiger partial charge in [0.1, 0.15) is 0 Å². The third-order valence-electron chi connectivity index (χ3n) is 3.63. The molecule has 1 atom stereocenters. The Morgan fingerprint density at radius 1 is 1.26 bits per heavy atom. The summed E-state index contributed by atoms with van der Waals surface area (Å²) in [6.45, 7) is 1.96. The van der Waals surface area contributed by atoms with Crippen LogP contribution in [0.2, 0.25) is 0 Å². The molecule has 2 aromatic rings. The number of amides is 1. The van der Waals surface area contributed by atoms with Gasteiger partial charge in [0.15, 0.2) is 0 Å². The number of hydrogen-bond acceptors (Lipinski definition) is 6. The summed E-state index contributed by atoms with van der Waals surface area (Å²) in [6.07, 6.45) is 8.81. The number of pyridine rings is 1. The van der Waals surface area contributed by atoms with E-state index in [1.165, 1.54) is 12.4 Å². The maximum Gasteiger partial charge on any atom is 0.254 e. The minimum Gasteiger partial charge on any atom is -0.376 e. The van der Waals surface area contributed by atoms with Crippen molar-refractivity contribution in [2.24, 2.45) is 0 Å². The molecule has 3 rings (SSSR count). The summed E-state index contributed by atoms with van der Waals surface area (Å²) in [5.74, 6) is 0.304. The van der Waals surface area contributed by atoms with Gasteiger partial charge in [-0.15, -0.1) is 0 Å². The van der Waals surface area contributed by atoms with Gasteiger partial charge in [-0.2, -0.15) is 0 Å². The van der Waals surface area contributed by atoms with Crippen LogP contribution in [0.3, 0.4) is 0 Å². The third-order valence-corrected chi connectivity index (χ3v) is 3.63. The van der Waals surface area contributed by atoms with Gasteiger partial charge in [0.25, 0.3) is 5.91 Å². The zero-order chi connectivity index (χ0) is 15.9. The van der Waals surface area contributed by atoms with Crippen molar-refractivity contribution in [3.63, 3.8) is 0 Å². The Labute approximate surface area is 134 Å². The van der Waals surface area contributed by atoms with E-state index in [-0.39, 0.29) is 12.0 Å². The maximum absolute atomic E-state index is 12.0. The van der Waals surface area contributed by atoms with E-state index in [1.807, 2.05) is 12.1 Å². The first-order valence-electron chi connectivity index (χ1n) is 7.66. The van der Waals surface area contributed by atoms with Crippen molar-refractivity contribution in [3.8, 4) is 0 Å². The Bertz CT molecular complexity index is 627. The van der Waals surface area contributed by atoms with Crippen molar-refractivity contribution in [2.45, 2.75) is 25.5 Å². The summed E-state index contributed by atoms with van der Waals surface area (Å²) in [7, 11) is 0. The molecule has 1 aliphatic heterocycles. The Kier molecular flexibility index (Phi) is 5.10. The summed E-state index contributed by atoms with van der Waals surface area (Å²) < 4.78 is 5.52. The highest BCUT2D eigenvalue weighted by atomic mass is 16.5. The lowest BCUT2D eigenvalue weighted by Crippen LogP contribution is -2.23. The Morgan fingerprint density at radius 2 is 2.04 bits per heavy atom. The second kappa shape index (κ2) is 7.64. The third kappa shape index (κ3) is 4.46. The first kappa shape index (κ1) is 15.4. The molecular formula is C16H19N5O2. The zero-order valence-corrected chi connectivity index (χ0v) is 12.7. The molecule has 7 heteroatoms. The molecule has 2 N–H and O–H groups in total. The van der Waals surface area contributed by atoms with Crippen LogP contribution < -0.4 is 10.6 Å². The second-order valence-corrected chi connectivity index (χ2v) is 5.35. The molecule has 1 amide bonds. The molecular weight excluding hydrogens is 294 g/mol. The molecule has 1 fully saturated rings. The van der Waals surface area contributed by atoms with Crippen molar-refractivity contribution in [1.29, 1.82) is 0 Å². The molecule has 120 valence electrons. The first-order chi connectivity index (χ1) is 11.3. The summed E-state index contributed by atoms with van der Waals surface area (Å²) in [5, 5.41) is 5.95. The quantitative estimate of drug-likeness (QED) is 0.838. The number of carbonyl (C=O) groups excluding carboxylic acids is 1. The van der Waals surface area contributed by atoms with E-state index in [9.17, 15) is 4.79 Å². The Morgan fingerprint density at radius 3 is 2.74 bits per heavy atom. The molecule has 0 saturated carbocycles. The fourth-order valence-corrected chi connectivity index (χ4v) is 2.33. The lowest BCUT2D eigenvalue weighted by molar-refractivity contribution is 0.0950. The molecule has 2 aromatic heterocycles. The predicted molar refractivity (Wildman–Crippen MR) is 84.9 cm³/mol.